The van der Waals surface area contributed by atoms with Gasteiger partial charge in [0.25, 0.3) is 0 Å². The molecule has 2 rings (SSSR count). The van der Waals surface area contributed by atoms with Gasteiger partial charge in [-0.15, -0.1) is 0 Å². The maximum atomic E-state index is 11.9. The third kappa shape index (κ3) is 3.46. The number of halogens is 1. The number of hydrazone groups is 1. The van der Waals surface area contributed by atoms with Crippen LogP contribution in [-0.4, -0.2) is 28.5 Å². The number of carbonyl (C=O) groups is 1. The molecular formula is C15H17ClN4O2. The summed E-state index contributed by atoms with van der Waals surface area (Å²) in [6.45, 7) is 5.61. The van der Waals surface area contributed by atoms with Crippen molar-refractivity contribution in [1.29, 1.82) is 0 Å². The number of carbonyl (C=O) groups excluding carboxylic acids is 1. The molecule has 2 aromatic rings. The second-order valence-corrected chi connectivity index (χ2v) is 4.99. The number of rotatable bonds is 5. The Labute approximate surface area is 133 Å². The van der Waals surface area contributed by atoms with E-state index in [1.165, 1.54) is 0 Å². The van der Waals surface area contributed by atoms with Crippen LogP contribution in [-0.2, 0) is 4.74 Å². The van der Waals surface area contributed by atoms with Crippen molar-refractivity contribution in [3.8, 4) is 0 Å². The highest BCUT2D eigenvalue weighted by Gasteiger charge is 2.19. The van der Waals surface area contributed by atoms with E-state index in [1.54, 1.807) is 19.9 Å². The zero-order valence-corrected chi connectivity index (χ0v) is 13.4. The van der Waals surface area contributed by atoms with E-state index in [1.807, 2.05) is 25.1 Å². The minimum atomic E-state index is -0.443. The maximum Gasteiger partial charge on any atom is 0.343 e. The number of anilines is 1. The Morgan fingerprint density at radius 3 is 2.86 bits per heavy atom. The van der Waals surface area contributed by atoms with Crippen molar-refractivity contribution in [1.82, 2.24) is 10.2 Å². The van der Waals surface area contributed by atoms with E-state index in [2.05, 4.69) is 20.7 Å². The molecule has 1 aromatic carbocycles. The Kier molecular flexibility index (Phi) is 5.16. The number of hydrogen-bond donors (Lipinski definition) is 2. The largest absolute Gasteiger partial charge is 0.462 e. The number of aromatic amines is 1. The summed E-state index contributed by atoms with van der Waals surface area (Å²) in [6, 6.07) is 7.38. The molecule has 0 aliphatic heterocycles. The number of benzene rings is 1. The second kappa shape index (κ2) is 7.09. The molecule has 0 saturated carbocycles. The zero-order valence-electron chi connectivity index (χ0n) is 12.6. The van der Waals surface area contributed by atoms with Gasteiger partial charge >= 0.3 is 5.97 Å². The van der Waals surface area contributed by atoms with Crippen molar-refractivity contribution < 1.29 is 9.53 Å². The minimum absolute atomic E-state index is 0.296. The van der Waals surface area contributed by atoms with Crippen LogP contribution >= 0.6 is 11.6 Å². The van der Waals surface area contributed by atoms with Gasteiger partial charge in [0, 0.05) is 16.3 Å². The smallest absolute Gasteiger partial charge is 0.343 e. The Balaban J connectivity index is 2.23. The molecule has 1 aromatic heterocycles. The normalized spacial score (nSPS) is 11.4. The first-order chi connectivity index (χ1) is 10.5. The summed E-state index contributed by atoms with van der Waals surface area (Å²) in [7, 11) is 0. The highest BCUT2D eigenvalue weighted by atomic mass is 35.5. The highest BCUT2D eigenvalue weighted by Crippen LogP contribution is 2.19. The SMILES string of the molecule is CCOC(=O)c1c(N/N=C(\C)c2ccccc2Cl)n[nH]c1C. The Morgan fingerprint density at radius 2 is 2.18 bits per heavy atom. The first-order valence-electron chi connectivity index (χ1n) is 6.81. The molecule has 1 heterocycles. The van der Waals surface area contributed by atoms with Crippen LogP contribution in [0.1, 0.15) is 35.5 Å². The van der Waals surface area contributed by atoms with Gasteiger partial charge < -0.3 is 4.74 Å². The average Bonchev–Trinajstić information content (AvgIpc) is 2.86. The van der Waals surface area contributed by atoms with Crippen LogP contribution in [0.3, 0.4) is 0 Å². The fourth-order valence-corrected chi connectivity index (χ4v) is 2.19. The van der Waals surface area contributed by atoms with Crippen LogP contribution in [0, 0.1) is 6.92 Å². The van der Waals surface area contributed by atoms with E-state index in [0.29, 0.717) is 34.4 Å². The molecule has 0 atom stereocenters. The summed E-state index contributed by atoms with van der Waals surface area (Å²) in [5.74, 6) is -0.121. The molecule has 2 N–H and O–H groups in total. The summed E-state index contributed by atoms with van der Waals surface area (Å²) < 4.78 is 5.01. The van der Waals surface area contributed by atoms with E-state index >= 15 is 0 Å². The predicted octanol–water partition coefficient (Wildman–Crippen LogP) is 3.38. The van der Waals surface area contributed by atoms with Gasteiger partial charge in [-0.3, -0.25) is 10.5 Å². The van der Waals surface area contributed by atoms with Gasteiger partial charge in [-0.05, 0) is 26.8 Å². The lowest BCUT2D eigenvalue weighted by Crippen LogP contribution is -2.09. The standard InChI is InChI=1S/C15H17ClN4O2/c1-4-22-15(21)13-10(3)18-20-14(13)19-17-9(2)11-7-5-6-8-12(11)16/h5-8H,4H2,1-3H3,(H2,18,19,20)/b17-9+. The van der Waals surface area contributed by atoms with Gasteiger partial charge in [-0.2, -0.15) is 10.2 Å². The molecule has 0 saturated heterocycles. The van der Waals surface area contributed by atoms with Gasteiger partial charge in [0.05, 0.1) is 12.3 Å². The van der Waals surface area contributed by atoms with Crippen molar-refractivity contribution >= 4 is 29.1 Å². The van der Waals surface area contributed by atoms with Crippen LogP contribution in [0.5, 0.6) is 0 Å². The molecule has 116 valence electrons. The summed E-state index contributed by atoms with van der Waals surface area (Å²) in [5, 5.41) is 11.6. The number of aromatic nitrogens is 2. The predicted molar refractivity (Wildman–Crippen MR) is 86.6 cm³/mol. The first-order valence-corrected chi connectivity index (χ1v) is 7.19. The number of nitrogens with one attached hydrogen (secondary N) is 2. The first kappa shape index (κ1) is 16.0. The Bertz CT molecular complexity index is 709. The van der Waals surface area contributed by atoms with Crippen molar-refractivity contribution in [3.05, 3.63) is 46.1 Å². The van der Waals surface area contributed by atoms with Gasteiger partial charge in [0.15, 0.2) is 5.82 Å². The van der Waals surface area contributed by atoms with Gasteiger partial charge in [-0.25, -0.2) is 4.79 Å². The molecule has 6 nitrogen and oxygen atoms in total. The Hall–Kier alpha value is -2.34. The van der Waals surface area contributed by atoms with E-state index in [9.17, 15) is 4.79 Å². The number of esters is 1. The number of H-pyrrole nitrogens is 1. The number of nitrogens with zero attached hydrogens (tertiary/aromatic N) is 2. The molecule has 0 radical (unpaired) electrons. The lowest BCUT2D eigenvalue weighted by Gasteiger charge is -2.05. The van der Waals surface area contributed by atoms with Crippen LogP contribution in [0.4, 0.5) is 5.82 Å². The molecule has 0 aliphatic carbocycles. The topological polar surface area (TPSA) is 79.4 Å². The molecule has 0 aliphatic rings. The van der Waals surface area contributed by atoms with Crippen LogP contribution in [0.2, 0.25) is 5.02 Å². The van der Waals surface area contributed by atoms with Gasteiger partial charge in [0.2, 0.25) is 0 Å². The summed E-state index contributed by atoms with van der Waals surface area (Å²) >= 11 is 6.12. The second-order valence-electron chi connectivity index (χ2n) is 4.58. The average molecular weight is 321 g/mol. The molecule has 7 heteroatoms. The molecule has 0 fully saturated rings. The number of hydrogen-bond acceptors (Lipinski definition) is 5. The van der Waals surface area contributed by atoms with Crippen molar-refractivity contribution in [2.45, 2.75) is 20.8 Å². The van der Waals surface area contributed by atoms with Crippen LogP contribution in [0.25, 0.3) is 0 Å². The third-order valence-electron chi connectivity index (χ3n) is 3.02. The van der Waals surface area contributed by atoms with Crippen LogP contribution in [0.15, 0.2) is 29.4 Å². The molecule has 22 heavy (non-hydrogen) atoms. The van der Waals surface area contributed by atoms with E-state index in [4.69, 9.17) is 16.3 Å². The maximum absolute atomic E-state index is 11.9. The summed E-state index contributed by atoms with van der Waals surface area (Å²) in [4.78, 5) is 11.9. The number of ether oxygens (including phenoxy) is 1. The molecule has 0 spiro atoms. The zero-order chi connectivity index (χ0) is 16.1. The van der Waals surface area contributed by atoms with E-state index in [0.717, 1.165) is 5.56 Å². The molecule has 0 amide bonds. The van der Waals surface area contributed by atoms with Crippen molar-refractivity contribution in [2.75, 3.05) is 12.0 Å². The van der Waals surface area contributed by atoms with Crippen molar-refractivity contribution in [3.63, 3.8) is 0 Å². The van der Waals surface area contributed by atoms with E-state index < -0.39 is 5.97 Å². The van der Waals surface area contributed by atoms with Gasteiger partial charge in [-0.1, -0.05) is 29.8 Å². The van der Waals surface area contributed by atoms with Gasteiger partial charge in [0.1, 0.15) is 5.56 Å². The third-order valence-corrected chi connectivity index (χ3v) is 3.35. The summed E-state index contributed by atoms with van der Waals surface area (Å²) in [6.07, 6.45) is 0. The number of aryl methyl sites for hydroxylation is 1. The molecule has 0 unspecified atom stereocenters. The van der Waals surface area contributed by atoms with Crippen molar-refractivity contribution in [2.24, 2.45) is 5.10 Å². The highest BCUT2D eigenvalue weighted by molar-refractivity contribution is 6.34. The fourth-order valence-electron chi connectivity index (χ4n) is 1.91. The van der Waals surface area contributed by atoms with E-state index in [-0.39, 0.29) is 0 Å². The molecular weight excluding hydrogens is 304 g/mol. The summed E-state index contributed by atoms with van der Waals surface area (Å²) in [5.41, 5.74) is 5.24. The minimum Gasteiger partial charge on any atom is -0.462 e. The van der Waals surface area contributed by atoms with Crippen LogP contribution < -0.4 is 5.43 Å². The lowest BCUT2D eigenvalue weighted by molar-refractivity contribution is 0.0526. The fraction of sp³-hybridized carbons (Fsp3) is 0.267. The monoisotopic (exact) mass is 320 g/mol. The Morgan fingerprint density at radius 1 is 1.45 bits per heavy atom. The lowest BCUT2D eigenvalue weighted by atomic mass is 10.1. The molecule has 0 bridgehead atoms. The quantitative estimate of drug-likeness (QED) is 0.503.